The summed E-state index contributed by atoms with van der Waals surface area (Å²) < 4.78 is 7.03. The summed E-state index contributed by atoms with van der Waals surface area (Å²) >= 11 is 0. The van der Waals surface area contributed by atoms with Crippen LogP contribution in [0.5, 0.6) is 0 Å². The van der Waals surface area contributed by atoms with Gasteiger partial charge in [-0.3, -0.25) is 9.48 Å². The predicted molar refractivity (Wildman–Crippen MR) is 59.3 cm³/mol. The van der Waals surface area contributed by atoms with Crippen molar-refractivity contribution in [2.45, 2.75) is 19.4 Å². The van der Waals surface area contributed by atoms with E-state index in [9.17, 15) is 4.79 Å². The van der Waals surface area contributed by atoms with Gasteiger partial charge in [0, 0.05) is 19.3 Å². The summed E-state index contributed by atoms with van der Waals surface area (Å²) in [5.74, 6) is 0.169. The van der Waals surface area contributed by atoms with Gasteiger partial charge in [-0.2, -0.15) is 5.10 Å². The molecule has 0 bridgehead atoms. The number of aryl methyl sites for hydroxylation is 2. The zero-order chi connectivity index (χ0) is 11.5. The summed E-state index contributed by atoms with van der Waals surface area (Å²) in [6, 6.07) is 1.78. The summed E-state index contributed by atoms with van der Waals surface area (Å²) in [6.07, 6.45) is 0.415. The van der Waals surface area contributed by atoms with Gasteiger partial charge in [0.15, 0.2) is 5.78 Å². The van der Waals surface area contributed by atoms with Gasteiger partial charge in [-0.25, -0.2) is 0 Å². The standard InChI is InChI=1S/C11H17N3O2/c1-8-5-9(14(2)13-8)6-11(15)10-7-16-4-3-12-10/h5,10,12H,3-4,6-7H2,1-2H3. The third-order valence-electron chi connectivity index (χ3n) is 2.76. The van der Waals surface area contributed by atoms with Crippen molar-refractivity contribution in [3.63, 3.8) is 0 Å². The first kappa shape index (κ1) is 11.3. The zero-order valence-electron chi connectivity index (χ0n) is 9.69. The molecule has 1 atom stereocenters. The minimum Gasteiger partial charge on any atom is -0.378 e. The molecule has 2 heterocycles. The third kappa shape index (κ3) is 2.48. The molecular weight excluding hydrogens is 206 g/mol. The second-order valence-corrected chi connectivity index (χ2v) is 4.13. The van der Waals surface area contributed by atoms with E-state index in [4.69, 9.17) is 4.74 Å². The van der Waals surface area contributed by atoms with Gasteiger partial charge in [0.05, 0.1) is 31.4 Å². The number of carbonyl (C=O) groups excluding carboxylic acids is 1. The van der Waals surface area contributed by atoms with Crippen LogP contribution in [0.4, 0.5) is 0 Å². The van der Waals surface area contributed by atoms with Crippen molar-refractivity contribution < 1.29 is 9.53 Å². The van der Waals surface area contributed by atoms with Crippen molar-refractivity contribution in [1.29, 1.82) is 0 Å². The zero-order valence-corrected chi connectivity index (χ0v) is 9.69. The fourth-order valence-electron chi connectivity index (χ4n) is 1.90. The monoisotopic (exact) mass is 223 g/mol. The topological polar surface area (TPSA) is 56.1 Å². The Labute approximate surface area is 94.8 Å². The molecule has 0 amide bonds. The number of carbonyl (C=O) groups is 1. The molecule has 1 fully saturated rings. The highest BCUT2D eigenvalue weighted by atomic mass is 16.5. The summed E-state index contributed by atoms with van der Waals surface area (Å²) in [6.45, 7) is 3.85. The lowest BCUT2D eigenvalue weighted by molar-refractivity contribution is -0.123. The quantitative estimate of drug-likeness (QED) is 0.773. The number of nitrogens with one attached hydrogen (secondary N) is 1. The van der Waals surface area contributed by atoms with Crippen LogP contribution in [0.3, 0.4) is 0 Å². The van der Waals surface area contributed by atoms with Gasteiger partial charge in [-0.15, -0.1) is 0 Å². The van der Waals surface area contributed by atoms with E-state index in [0.29, 0.717) is 19.6 Å². The fourth-order valence-corrected chi connectivity index (χ4v) is 1.90. The summed E-state index contributed by atoms with van der Waals surface area (Å²) in [5.41, 5.74) is 1.90. The van der Waals surface area contributed by atoms with Crippen LogP contribution in [0.15, 0.2) is 6.07 Å². The van der Waals surface area contributed by atoms with E-state index in [-0.39, 0.29) is 11.8 Å². The van der Waals surface area contributed by atoms with Gasteiger partial charge in [0.1, 0.15) is 0 Å². The molecular formula is C11H17N3O2. The maximum atomic E-state index is 11.9. The SMILES string of the molecule is Cc1cc(CC(=O)C2COCCN2)n(C)n1. The molecule has 0 spiro atoms. The number of hydrogen-bond donors (Lipinski definition) is 1. The second-order valence-electron chi connectivity index (χ2n) is 4.13. The average molecular weight is 223 g/mol. The Hall–Kier alpha value is -1.20. The van der Waals surface area contributed by atoms with Crippen LogP contribution in [0, 0.1) is 6.92 Å². The van der Waals surface area contributed by atoms with Crippen molar-refractivity contribution in [3.8, 4) is 0 Å². The third-order valence-corrected chi connectivity index (χ3v) is 2.76. The van der Waals surface area contributed by atoms with Crippen LogP contribution in [0.2, 0.25) is 0 Å². The van der Waals surface area contributed by atoms with Gasteiger partial charge in [0.2, 0.25) is 0 Å². The molecule has 1 N–H and O–H groups in total. The minimum absolute atomic E-state index is 0.163. The Balaban J connectivity index is 1.98. The maximum absolute atomic E-state index is 11.9. The average Bonchev–Trinajstić information content (AvgIpc) is 2.59. The van der Waals surface area contributed by atoms with E-state index in [1.807, 2.05) is 20.0 Å². The maximum Gasteiger partial charge on any atom is 0.158 e. The van der Waals surface area contributed by atoms with E-state index >= 15 is 0 Å². The first-order chi connectivity index (χ1) is 7.66. The molecule has 5 heteroatoms. The van der Waals surface area contributed by atoms with Gasteiger partial charge in [-0.05, 0) is 13.0 Å². The van der Waals surface area contributed by atoms with Crippen molar-refractivity contribution in [3.05, 3.63) is 17.5 Å². The van der Waals surface area contributed by atoms with Gasteiger partial charge < -0.3 is 10.1 Å². The van der Waals surface area contributed by atoms with Crippen molar-refractivity contribution in [1.82, 2.24) is 15.1 Å². The number of morpholine rings is 1. The minimum atomic E-state index is -0.163. The first-order valence-corrected chi connectivity index (χ1v) is 5.50. The Morgan fingerprint density at radius 3 is 3.12 bits per heavy atom. The molecule has 0 radical (unpaired) electrons. The number of Topliss-reactive ketones (excluding diaryl/α,β-unsaturated/α-hetero) is 1. The molecule has 1 aromatic heterocycles. The molecule has 1 aromatic rings. The number of hydrogen-bond acceptors (Lipinski definition) is 4. The molecule has 0 saturated carbocycles. The summed E-state index contributed by atoms with van der Waals surface area (Å²) in [4.78, 5) is 11.9. The van der Waals surface area contributed by atoms with Crippen LogP contribution < -0.4 is 5.32 Å². The highest BCUT2D eigenvalue weighted by Gasteiger charge is 2.22. The molecule has 5 nitrogen and oxygen atoms in total. The molecule has 0 aliphatic carbocycles. The highest BCUT2D eigenvalue weighted by molar-refractivity contribution is 5.86. The number of nitrogens with zero attached hydrogens (tertiary/aromatic N) is 2. The van der Waals surface area contributed by atoms with Gasteiger partial charge in [0.25, 0.3) is 0 Å². The van der Waals surface area contributed by atoms with Crippen LogP contribution >= 0.6 is 0 Å². The summed E-state index contributed by atoms with van der Waals surface area (Å²) in [7, 11) is 1.86. The van der Waals surface area contributed by atoms with E-state index in [0.717, 1.165) is 17.9 Å². The molecule has 1 aliphatic rings. The highest BCUT2D eigenvalue weighted by Crippen LogP contribution is 2.06. The largest absolute Gasteiger partial charge is 0.378 e. The van der Waals surface area contributed by atoms with E-state index in [1.165, 1.54) is 0 Å². The Bertz CT molecular complexity index is 381. The molecule has 88 valence electrons. The van der Waals surface area contributed by atoms with Gasteiger partial charge in [-0.1, -0.05) is 0 Å². The van der Waals surface area contributed by atoms with Crippen LogP contribution in [-0.4, -0.2) is 41.4 Å². The number of aromatic nitrogens is 2. The number of ketones is 1. The van der Waals surface area contributed by atoms with E-state index in [2.05, 4.69) is 10.4 Å². The van der Waals surface area contributed by atoms with E-state index in [1.54, 1.807) is 4.68 Å². The van der Waals surface area contributed by atoms with Crippen molar-refractivity contribution in [2.24, 2.45) is 7.05 Å². The second kappa shape index (κ2) is 4.76. The smallest absolute Gasteiger partial charge is 0.158 e. The Morgan fingerprint density at radius 1 is 1.75 bits per heavy atom. The van der Waals surface area contributed by atoms with E-state index < -0.39 is 0 Å². The Kier molecular flexibility index (Phi) is 3.36. The Morgan fingerprint density at radius 2 is 2.56 bits per heavy atom. The normalized spacial score (nSPS) is 21.0. The van der Waals surface area contributed by atoms with Crippen LogP contribution in [-0.2, 0) is 23.0 Å². The molecule has 1 aliphatic heterocycles. The lowest BCUT2D eigenvalue weighted by Gasteiger charge is -2.22. The van der Waals surface area contributed by atoms with Crippen molar-refractivity contribution >= 4 is 5.78 Å². The predicted octanol–water partition coefficient (Wildman–Crippen LogP) is -0.171. The molecule has 0 aromatic carbocycles. The number of rotatable bonds is 3. The molecule has 2 rings (SSSR count). The molecule has 1 unspecified atom stereocenters. The van der Waals surface area contributed by atoms with Crippen molar-refractivity contribution in [2.75, 3.05) is 19.8 Å². The lowest BCUT2D eigenvalue weighted by atomic mass is 10.1. The van der Waals surface area contributed by atoms with Crippen LogP contribution in [0.25, 0.3) is 0 Å². The molecule has 1 saturated heterocycles. The van der Waals surface area contributed by atoms with Crippen LogP contribution in [0.1, 0.15) is 11.4 Å². The molecule has 16 heavy (non-hydrogen) atoms. The number of ether oxygens (including phenoxy) is 1. The van der Waals surface area contributed by atoms with Gasteiger partial charge >= 0.3 is 0 Å². The fraction of sp³-hybridized carbons (Fsp3) is 0.636. The summed E-state index contributed by atoms with van der Waals surface area (Å²) in [5, 5.41) is 7.38. The first-order valence-electron chi connectivity index (χ1n) is 5.50. The lowest BCUT2D eigenvalue weighted by Crippen LogP contribution is -2.47.